The third-order valence-electron chi connectivity index (χ3n) is 6.93. The Morgan fingerprint density at radius 1 is 0.968 bits per heavy atom. The minimum absolute atomic E-state index is 0.381. The molecule has 2 heterocycles. The normalized spacial score (nSPS) is 18.5. The molecule has 1 saturated carbocycles. The third-order valence-corrected chi connectivity index (χ3v) is 6.93. The highest BCUT2D eigenvalue weighted by atomic mass is 16.1. The molecular weight excluding hydrogens is 388 g/mol. The van der Waals surface area contributed by atoms with Crippen molar-refractivity contribution in [1.29, 1.82) is 0 Å². The zero-order valence-corrected chi connectivity index (χ0v) is 17.8. The first-order valence-corrected chi connectivity index (χ1v) is 11.3. The molecule has 5 N–H and O–H groups in total. The molecule has 7 heteroatoms. The summed E-state index contributed by atoms with van der Waals surface area (Å²) in [6.07, 6.45) is 6.73. The largest absolute Gasteiger partial charge is 0.382 e. The fourth-order valence-corrected chi connectivity index (χ4v) is 5.18. The topological polar surface area (TPSA) is 104 Å². The maximum absolute atomic E-state index is 12.2. The van der Waals surface area contributed by atoms with Gasteiger partial charge in [0.25, 0.3) is 5.91 Å². The highest BCUT2D eigenvalue weighted by molar-refractivity contribution is 6.00. The number of nitrogens with zero attached hydrogens (tertiary/aromatic N) is 3. The third kappa shape index (κ3) is 3.85. The summed E-state index contributed by atoms with van der Waals surface area (Å²) in [5, 5.41) is 7.97. The number of fused-ring (bicyclic) bond motifs is 1. The lowest BCUT2D eigenvalue weighted by Gasteiger charge is -2.42. The number of benzene rings is 2. The van der Waals surface area contributed by atoms with Crippen LogP contribution in [-0.4, -0.2) is 53.2 Å². The first kappa shape index (κ1) is 19.9. The highest BCUT2D eigenvalue weighted by Crippen LogP contribution is 2.32. The number of carbonyl (C=O) groups is 1. The van der Waals surface area contributed by atoms with E-state index in [9.17, 15) is 4.79 Å². The van der Waals surface area contributed by atoms with E-state index < -0.39 is 0 Å². The Kier molecular flexibility index (Phi) is 5.28. The molecule has 0 unspecified atom stereocenters. The number of carbonyl (C=O) groups excluding carboxylic acids is 1. The van der Waals surface area contributed by atoms with E-state index in [0.29, 0.717) is 11.4 Å². The van der Waals surface area contributed by atoms with Crippen molar-refractivity contribution >= 4 is 28.3 Å². The van der Waals surface area contributed by atoms with Crippen LogP contribution in [0.5, 0.6) is 0 Å². The Labute approximate surface area is 182 Å². The standard InChI is InChI=1S/C24H30N6O/c25-23-19-8-6-16(14-21(19)27-28-23)17-7-9-20(24(26)31)22(15-17)30-12-10-29(11-13-30)18-4-2-1-3-5-18/h6-9,14-15,18H,1-5,10-13H2,(H2,26,31)(H3,25,27,28). The van der Waals surface area contributed by atoms with E-state index >= 15 is 0 Å². The molecule has 0 spiro atoms. The van der Waals surface area contributed by atoms with E-state index in [4.69, 9.17) is 11.5 Å². The summed E-state index contributed by atoms with van der Waals surface area (Å²) in [6.45, 7) is 3.89. The van der Waals surface area contributed by atoms with Crippen LogP contribution in [0.15, 0.2) is 36.4 Å². The summed E-state index contributed by atoms with van der Waals surface area (Å²) in [7, 11) is 0. The number of piperazine rings is 1. The zero-order chi connectivity index (χ0) is 21.4. The number of amides is 1. The molecule has 3 aromatic rings. The van der Waals surface area contributed by atoms with Crippen LogP contribution < -0.4 is 16.4 Å². The second kappa shape index (κ2) is 8.23. The number of rotatable bonds is 4. The zero-order valence-electron chi connectivity index (χ0n) is 17.8. The number of hydrogen-bond donors (Lipinski definition) is 3. The fraction of sp³-hybridized carbons (Fsp3) is 0.417. The second-order valence-corrected chi connectivity index (χ2v) is 8.78. The molecular formula is C24H30N6O. The first-order chi connectivity index (χ1) is 15.1. The van der Waals surface area contributed by atoms with Crippen LogP contribution in [0.2, 0.25) is 0 Å². The second-order valence-electron chi connectivity index (χ2n) is 8.78. The lowest BCUT2D eigenvalue weighted by atomic mass is 9.93. The Hall–Kier alpha value is -3.06. The van der Waals surface area contributed by atoms with Crippen molar-refractivity contribution in [1.82, 2.24) is 15.1 Å². The van der Waals surface area contributed by atoms with E-state index in [0.717, 1.165) is 59.9 Å². The maximum atomic E-state index is 12.2. The average Bonchev–Trinajstić information content (AvgIpc) is 3.19. The molecule has 1 aliphatic heterocycles. The predicted octanol–water partition coefficient (Wildman–Crippen LogP) is 3.37. The van der Waals surface area contributed by atoms with E-state index in [1.54, 1.807) is 0 Å². The molecule has 1 aliphatic carbocycles. The van der Waals surface area contributed by atoms with Crippen LogP contribution in [0.3, 0.4) is 0 Å². The first-order valence-electron chi connectivity index (χ1n) is 11.3. The maximum Gasteiger partial charge on any atom is 0.250 e. The Morgan fingerprint density at radius 3 is 2.42 bits per heavy atom. The molecule has 2 aromatic carbocycles. The number of nitrogens with one attached hydrogen (secondary N) is 1. The van der Waals surface area contributed by atoms with Gasteiger partial charge in [-0.25, -0.2) is 0 Å². The van der Waals surface area contributed by atoms with Crippen molar-refractivity contribution in [2.24, 2.45) is 5.73 Å². The monoisotopic (exact) mass is 418 g/mol. The number of nitrogens with two attached hydrogens (primary N) is 2. The van der Waals surface area contributed by atoms with E-state index in [2.05, 4.69) is 26.1 Å². The van der Waals surface area contributed by atoms with Crippen LogP contribution in [0.4, 0.5) is 11.5 Å². The average molecular weight is 419 g/mol. The van der Waals surface area contributed by atoms with E-state index in [-0.39, 0.29) is 5.91 Å². The molecule has 0 radical (unpaired) electrons. The van der Waals surface area contributed by atoms with Gasteiger partial charge in [0.15, 0.2) is 5.82 Å². The predicted molar refractivity (Wildman–Crippen MR) is 125 cm³/mol. The molecule has 5 rings (SSSR count). The minimum atomic E-state index is -0.381. The summed E-state index contributed by atoms with van der Waals surface area (Å²) in [5.74, 6) is 0.121. The van der Waals surface area contributed by atoms with Gasteiger partial charge in [-0.3, -0.25) is 14.8 Å². The molecule has 7 nitrogen and oxygen atoms in total. The number of hydrogen-bond acceptors (Lipinski definition) is 5. The molecule has 2 fully saturated rings. The van der Waals surface area contributed by atoms with Crippen molar-refractivity contribution in [3.8, 4) is 11.1 Å². The molecule has 0 bridgehead atoms. The van der Waals surface area contributed by atoms with Crippen LogP contribution in [0.25, 0.3) is 22.0 Å². The molecule has 162 valence electrons. The van der Waals surface area contributed by atoms with Crippen molar-refractivity contribution in [2.45, 2.75) is 38.1 Å². The number of H-pyrrole nitrogens is 1. The van der Waals surface area contributed by atoms with Gasteiger partial charge < -0.3 is 16.4 Å². The van der Waals surface area contributed by atoms with Gasteiger partial charge in [0.1, 0.15) is 0 Å². The van der Waals surface area contributed by atoms with Gasteiger partial charge in [0.05, 0.1) is 16.8 Å². The van der Waals surface area contributed by atoms with Gasteiger partial charge in [0.2, 0.25) is 0 Å². The smallest absolute Gasteiger partial charge is 0.250 e. The fourth-order valence-electron chi connectivity index (χ4n) is 5.18. The van der Waals surface area contributed by atoms with Crippen molar-refractivity contribution in [3.05, 3.63) is 42.0 Å². The number of nitrogen functional groups attached to an aromatic ring is 1. The summed E-state index contributed by atoms with van der Waals surface area (Å²) in [4.78, 5) is 17.1. The quantitative estimate of drug-likeness (QED) is 0.603. The van der Waals surface area contributed by atoms with Crippen LogP contribution >= 0.6 is 0 Å². The number of primary amides is 1. The molecule has 31 heavy (non-hydrogen) atoms. The van der Waals surface area contributed by atoms with Gasteiger partial charge in [0, 0.05) is 37.6 Å². The lowest BCUT2D eigenvalue weighted by Crippen LogP contribution is -2.51. The summed E-state index contributed by atoms with van der Waals surface area (Å²) >= 11 is 0. The van der Waals surface area contributed by atoms with E-state index in [1.807, 2.05) is 30.3 Å². The SMILES string of the molecule is NC(=O)c1ccc(-c2ccc3c(N)n[nH]c3c2)cc1N1CCN(C2CCCCC2)CC1. The van der Waals surface area contributed by atoms with Gasteiger partial charge >= 0.3 is 0 Å². The molecule has 0 atom stereocenters. The van der Waals surface area contributed by atoms with Crippen molar-refractivity contribution in [3.63, 3.8) is 0 Å². The van der Waals surface area contributed by atoms with Crippen LogP contribution in [0.1, 0.15) is 42.5 Å². The van der Waals surface area contributed by atoms with Crippen molar-refractivity contribution < 1.29 is 4.79 Å². The number of aromatic amines is 1. The summed E-state index contributed by atoms with van der Waals surface area (Å²) in [5.41, 5.74) is 16.1. The van der Waals surface area contributed by atoms with Crippen LogP contribution in [0, 0.1) is 0 Å². The Bertz CT molecular complexity index is 1090. The van der Waals surface area contributed by atoms with Gasteiger partial charge in [-0.2, -0.15) is 5.10 Å². The van der Waals surface area contributed by atoms with Crippen molar-refractivity contribution in [2.75, 3.05) is 36.8 Å². The molecule has 1 saturated heterocycles. The van der Waals surface area contributed by atoms with Gasteiger partial charge in [-0.1, -0.05) is 31.4 Å². The van der Waals surface area contributed by atoms with Gasteiger partial charge in [-0.05, 0) is 48.2 Å². The van der Waals surface area contributed by atoms with Crippen LogP contribution in [-0.2, 0) is 0 Å². The lowest BCUT2D eigenvalue weighted by molar-refractivity contribution is 0.1000. The summed E-state index contributed by atoms with van der Waals surface area (Å²) < 4.78 is 0. The number of anilines is 2. The molecule has 1 aromatic heterocycles. The van der Waals surface area contributed by atoms with E-state index in [1.165, 1.54) is 32.1 Å². The summed E-state index contributed by atoms with van der Waals surface area (Å²) in [6, 6.07) is 12.7. The molecule has 2 aliphatic rings. The minimum Gasteiger partial charge on any atom is -0.382 e. The Balaban J connectivity index is 1.41. The van der Waals surface area contributed by atoms with Gasteiger partial charge in [-0.15, -0.1) is 0 Å². The Morgan fingerprint density at radius 2 is 1.68 bits per heavy atom. The number of aromatic nitrogens is 2. The highest BCUT2D eigenvalue weighted by Gasteiger charge is 2.26. The molecule has 1 amide bonds.